The van der Waals surface area contributed by atoms with Gasteiger partial charge in [0.05, 0.1) is 0 Å². The Balaban J connectivity index is 1.43. The van der Waals surface area contributed by atoms with Gasteiger partial charge in [-0.25, -0.2) is 0 Å². The van der Waals surface area contributed by atoms with Gasteiger partial charge in [0.2, 0.25) is 0 Å². The Hall–Kier alpha value is -3.92. The highest BCUT2D eigenvalue weighted by Gasteiger charge is 2.18. The van der Waals surface area contributed by atoms with E-state index in [1.807, 2.05) is 66.7 Å². The first kappa shape index (κ1) is 23.2. The number of fused-ring (bicyclic) bond motifs is 1. The van der Waals surface area contributed by atoms with Crippen LogP contribution in [-0.4, -0.2) is 17.8 Å². The second kappa shape index (κ2) is 9.52. The van der Waals surface area contributed by atoms with Crippen LogP contribution in [0.3, 0.4) is 0 Å². The van der Waals surface area contributed by atoms with Gasteiger partial charge in [-0.2, -0.15) is 0 Å². The molecule has 1 N–H and O–H groups in total. The lowest BCUT2D eigenvalue weighted by molar-refractivity contribution is -0.122. The molecule has 0 aliphatic carbocycles. The summed E-state index contributed by atoms with van der Waals surface area (Å²) in [5.74, 6) is 0.258. The molecule has 0 saturated heterocycles. The molecule has 0 fully saturated rings. The van der Waals surface area contributed by atoms with Crippen LogP contribution in [0.15, 0.2) is 91.0 Å². The fourth-order valence-corrected chi connectivity index (χ4v) is 3.77. The first-order chi connectivity index (χ1) is 16.2. The van der Waals surface area contributed by atoms with Crippen LogP contribution in [0.2, 0.25) is 0 Å². The van der Waals surface area contributed by atoms with Crippen LogP contribution in [-0.2, 0) is 10.2 Å². The summed E-state index contributed by atoms with van der Waals surface area (Å²) in [5.41, 5.74) is 2.88. The van der Waals surface area contributed by atoms with E-state index in [1.54, 1.807) is 31.2 Å². The van der Waals surface area contributed by atoms with Crippen LogP contribution in [0.5, 0.6) is 5.75 Å². The van der Waals surface area contributed by atoms with E-state index in [-0.39, 0.29) is 17.1 Å². The van der Waals surface area contributed by atoms with Crippen molar-refractivity contribution in [1.29, 1.82) is 0 Å². The molecule has 1 amide bonds. The zero-order valence-electron chi connectivity index (χ0n) is 20.0. The summed E-state index contributed by atoms with van der Waals surface area (Å²) < 4.78 is 5.86. The van der Waals surface area contributed by atoms with Crippen molar-refractivity contribution in [2.45, 2.75) is 39.2 Å². The first-order valence-electron chi connectivity index (χ1n) is 11.4. The number of ketones is 1. The fourth-order valence-electron chi connectivity index (χ4n) is 3.77. The summed E-state index contributed by atoms with van der Waals surface area (Å²) in [5, 5.41) is 5.02. The maximum Gasteiger partial charge on any atom is 0.265 e. The number of anilines is 1. The Labute approximate surface area is 200 Å². The van der Waals surface area contributed by atoms with E-state index < -0.39 is 6.10 Å². The maximum atomic E-state index is 13.0. The predicted molar refractivity (Wildman–Crippen MR) is 138 cm³/mol. The van der Waals surface area contributed by atoms with Crippen molar-refractivity contribution < 1.29 is 14.3 Å². The molecule has 34 heavy (non-hydrogen) atoms. The molecule has 4 heteroatoms. The highest BCUT2D eigenvalue weighted by Crippen LogP contribution is 2.24. The average Bonchev–Trinajstić information content (AvgIpc) is 2.83. The molecule has 4 rings (SSSR count). The molecule has 4 nitrogen and oxygen atoms in total. The summed E-state index contributed by atoms with van der Waals surface area (Å²) >= 11 is 0. The maximum absolute atomic E-state index is 13.0. The van der Waals surface area contributed by atoms with Crippen molar-refractivity contribution in [2.75, 3.05) is 5.32 Å². The number of rotatable bonds is 6. The zero-order chi connectivity index (χ0) is 24.3. The molecule has 0 bridgehead atoms. The van der Waals surface area contributed by atoms with E-state index in [4.69, 9.17) is 4.74 Å². The Morgan fingerprint density at radius 2 is 1.47 bits per heavy atom. The van der Waals surface area contributed by atoms with Crippen molar-refractivity contribution >= 4 is 28.2 Å². The lowest BCUT2D eigenvalue weighted by atomic mass is 9.86. The van der Waals surface area contributed by atoms with E-state index in [2.05, 4.69) is 26.1 Å². The van der Waals surface area contributed by atoms with E-state index >= 15 is 0 Å². The van der Waals surface area contributed by atoms with Gasteiger partial charge >= 0.3 is 0 Å². The molecule has 4 aromatic carbocycles. The van der Waals surface area contributed by atoms with E-state index in [9.17, 15) is 9.59 Å². The third kappa shape index (κ3) is 5.34. The van der Waals surface area contributed by atoms with Crippen LogP contribution >= 0.6 is 0 Å². The standard InChI is InChI=1S/C30H29NO3/c1-20(34-27-17-14-21-8-5-6-9-23(21)19-27)29(33)31-26-11-7-10-24(18-26)28(32)22-12-15-25(16-13-22)30(2,3)4/h5-20H,1-4H3,(H,31,33). The molecule has 0 saturated carbocycles. The van der Waals surface area contributed by atoms with Gasteiger partial charge in [-0.1, -0.05) is 87.5 Å². The number of carbonyl (C=O) groups is 2. The van der Waals surface area contributed by atoms with E-state index in [0.29, 0.717) is 22.6 Å². The molecule has 0 aromatic heterocycles. The largest absolute Gasteiger partial charge is 0.481 e. The molecule has 0 radical (unpaired) electrons. The van der Waals surface area contributed by atoms with Gasteiger partial charge in [-0.05, 0) is 52.9 Å². The highest BCUT2D eigenvalue weighted by molar-refractivity contribution is 6.09. The zero-order valence-corrected chi connectivity index (χ0v) is 20.0. The third-order valence-electron chi connectivity index (χ3n) is 5.81. The van der Waals surface area contributed by atoms with Crippen LogP contribution in [0.25, 0.3) is 10.8 Å². The number of hydrogen-bond acceptors (Lipinski definition) is 3. The molecule has 172 valence electrons. The van der Waals surface area contributed by atoms with Gasteiger partial charge in [-0.3, -0.25) is 9.59 Å². The number of benzene rings is 4. The minimum atomic E-state index is -0.703. The lowest BCUT2D eigenvalue weighted by Gasteiger charge is -2.19. The normalized spacial score (nSPS) is 12.2. The van der Waals surface area contributed by atoms with Gasteiger partial charge in [0.1, 0.15) is 5.75 Å². The summed E-state index contributed by atoms with van der Waals surface area (Å²) in [6, 6.07) is 28.4. The number of hydrogen-bond donors (Lipinski definition) is 1. The lowest BCUT2D eigenvalue weighted by Crippen LogP contribution is -2.30. The fraction of sp³-hybridized carbons (Fsp3) is 0.200. The highest BCUT2D eigenvalue weighted by atomic mass is 16.5. The smallest absolute Gasteiger partial charge is 0.265 e. The summed E-state index contributed by atoms with van der Waals surface area (Å²) in [6.07, 6.45) is -0.703. The van der Waals surface area contributed by atoms with Gasteiger partial charge in [0, 0.05) is 16.8 Å². The molecule has 0 spiro atoms. The van der Waals surface area contributed by atoms with Crippen LogP contribution in [0, 0.1) is 0 Å². The third-order valence-corrected chi connectivity index (χ3v) is 5.81. The Bertz CT molecular complexity index is 1330. The quantitative estimate of drug-likeness (QED) is 0.329. The van der Waals surface area contributed by atoms with Crippen LogP contribution in [0.1, 0.15) is 49.2 Å². The molecule has 0 aliphatic rings. The van der Waals surface area contributed by atoms with E-state index in [1.165, 1.54) is 5.56 Å². The number of amides is 1. The van der Waals surface area contributed by atoms with Crippen molar-refractivity contribution in [3.63, 3.8) is 0 Å². The van der Waals surface area contributed by atoms with Crippen molar-refractivity contribution in [3.05, 3.63) is 108 Å². The molecule has 4 aromatic rings. The minimum Gasteiger partial charge on any atom is -0.481 e. The van der Waals surface area contributed by atoms with Crippen molar-refractivity contribution in [2.24, 2.45) is 0 Å². The van der Waals surface area contributed by atoms with Crippen LogP contribution < -0.4 is 10.1 Å². The van der Waals surface area contributed by atoms with Gasteiger partial charge in [0.15, 0.2) is 11.9 Å². The Morgan fingerprint density at radius 3 is 2.18 bits per heavy atom. The summed E-state index contributed by atoms with van der Waals surface area (Å²) in [7, 11) is 0. The average molecular weight is 452 g/mol. The molecule has 0 aliphatic heterocycles. The molecule has 1 unspecified atom stereocenters. The van der Waals surface area contributed by atoms with Gasteiger partial charge in [-0.15, -0.1) is 0 Å². The SMILES string of the molecule is CC(Oc1ccc2ccccc2c1)C(=O)Nc1cccc(C(=O)c2ccc(C(C)(C)C)cc2)c1. The number of ether oxygens (including phenoxy) is 1. The molecular formula is C30H29NO3. The molecule has 1 atom stereocenters. The second-order valence-electron chi connectivity index (χ2n) is 9.50. The topological polar surface area (TPSA) is 55.4 Å². The van der Waals surface area contributed by atoms with E-state index in [0.717, 1.165) is 10.8 Å². The predicted octanol–water partition coefficient (Wildman–Crippen LogP) is 6.77. The monoisotopic (exact) mass is 451 g/mol. The Kier molecular flexibility index (Phi) is 6.51. The number of carbonyl (C=O) groups excluding carboxylic acids is 2. The molecular weight excluding hydrogens is 422 g/mol. The van der Waals surface area contributed by atoms with Crippen molar-refractivity contribution in [3.8, 4) is 5.75 Å². The van der Waals surface area contributed by atoms with Gasteiger partial charge in [0.25, 0.3) is 5.91 Å². The second-order valence-corrected chi connectivity index (χ2v) is 9.50. The molecule has 0 heterocycles. The van der Waals surface area contributed by atoms with Gasteiger partial charge < -0.3 is 10.1 Å². The van der Waals surface area contributed by atoms with Crippen molar-refractivity contribution in [1.82, 2.24) is 0 Å². The summed E-state index contributed by atoms with van der Waals surface area (Å²) in [4.78, 5) is 25.7. The first-order valence-corrected chi connectivity index (χ1v) is 11.4. The summed E-state index contributed by atoms with van der Waals surface area (Å²) in [6.45, 7) is 8.12. The minimum absolute atomic E-state index is 0.0252. The van der Waals surface area contributed by atoms with Crippen LogP contribution in [0.4, 0.5) is 5.69 Å². The Morgan fingerprint density at radius 1 is 0.765 bits per heavy atom. The number of nitrogens with one attached hydrogen (secondary N) is 1.